The lowest BCUT2D eigenvalue weighted by Gasteiger charge is -2.25. The van der Waals surface area contributed by atoms with E-state index in [0.717, 1.165) is 40.8 Å². The second-order valence-electron chi connectivity index (χ2n) is 7.73. The van der Waals surface area contributed by atoms with Gasteiger partial charge < -0.3 is 20.7 Å². The lowest BCUT2D eigenvalue weighted by Crippen LogP contribution is -2.44. The summed E-state index contributed by atoms with van der Waals surface area (Å²) >= 11 is 0. The molecule has 30 heavy (non-hydrogen) atoms. The maximum absolute atomic E-state index is 13.3. The highest BCUT2D eigenvalue weighted by atomic mass is 19.1. The smallest absolute Gasteiger partial charge is 0.315 e. The highest BCUT2D eigenvalue weighted by Gasteiger charge is 2.29. The second kappa shape index (κ2) is 9.71. The number of hydrogen-bond acceptors (Lipinski definition) is 3. The van der Waals surface area contributed by atoms with Crippen LogP contribution in [0.4, 0.5) is 14.9 Å². The van der Waals surface area contributed by atoms with E-state index in [4.69, 9.17) is 4.74 Å². The minimum atomic E-state index is -0.479. The van der Waals surface area contributed by atoms with Crippen molar-refractivity contribution in [2.24, 2.45) is 0 Å². The molecule has 2 aromatic carbocycles. The van der Waals surface area contributed by atoms with Crippen LogP contribution in [-0.2, 0) is 9.53 Å². The maximum atomic E-state index is 13.3. The van der Waals surface area contributed by atoms with Gasteiger partial charge >= 0.3 is 6.03 Å². The summed E-state index contributed by atoms with van der Waals surface area (Å²) in [4.78, 5) is 24.8. The van der Waals surface area contributed by atoms with E-state index in [1.165, 1.54) is 12.1 Å². The van der Waals surface area contributed by atoms with E-state index in [2.05, 4.69) is 16.0 Å². The molecule has 2 atom stereocenters. The fourth-order valence-electron chi connectivity index (χ4n) is 3.84. The first-order valence-corrected chi connectivity index (χ1v) is 10.1. The Morgan fingerprint density at radius 1 is 1.13 bits per heavy atom. The third-order valence-electron chi connectivity index (χ3n) is 5.20. The van der Waals surface area contributed by atoms with Gasteiger partial charge in [0.1, 0.15) is 5.82 Å². The molecule has 0 aliphatic carbocycles. The van der Waals surface area contributed by atoms with Crippen LogP contribution < -0.4 is 16.0 Å². The van der Waals surface area contributed by atoms with Crippen molar-refractivity contribution in [2.45, 2.75) is 45.8 Å². The molecule has 6 nitrogen and oxygen atoms in total. The van der Waals surface area contributed by atoms with E-state index in [9.17, 15) is 14.0 Å². The predicted molar refractivity (Wildman–Crippen MR) is 114 cm³/mol. The van der Waals surface area contributed by atoms with E-state index in [1.807, 2.05) is 32.9 Å². The molecular weight excluding hydrogens is 385 g/mol. The molecule has 1 heterocycles. The van der Waals surface area contributed by atoms with Gasteiger partial charge in [0.2, 0.25) is 5.91 Å². The third-order valence-corrected chi connectivity index (χ3v) is 5.20. The van der Waals surface area contributed by atoms with E-state index in [-0.39, 0.29) is 24.4 Å². The van der Waals surface area contributed by atoms with Crippen LogP contribution in [0.5, 0.6) is 0 Å². The molecule has 3 amide bonds. The number of benzene rings is 2. The molecule has 1 fully saturated rings. The number of hydrogen-bond donors (Lipinski definition) is 3. The molecule has 0 aromatic heterocycles. The quantitative estimate of drug-likeness (QED) is 0.672. The number of nitrogens with one attached hydrogen (secondary N) is 3. The van der Waals surface area contributed by atoms with Crippen LogP contribution in [0.2, 0.25) is 0 Å². The van der Waals surface area contributed by atoms with Gasteiger partial charge in [0.25, 0.3) is 0 Å². The first-order valence-electron chi connectivity index (χ1n) is 10.1. The molecule has 2 unspecified atom stereocenters. The summed E-state index contributed by atoms with van der Waals surface area (Å²) in [7, 11) is 0. The van der Waals surface area contributed by atoms with Crippen LogP contribution in [-0.4, -0.2) is 31.2 Å². The molecule has 0 spiro atoms. The molecule has 0 radical (unpaired) electrons. The largest absolute Gasteiger partial charge is 0.376 e. The lowest BCUT2D eigenvalue weighted by atomic mass is 9.99. The summed E-state index contributed by atoms with van der Waals surface area (Å²) in [5, 5.41) is 8.32. The number of halogens is 1. The Hall–Kier alpha value is -2.93. The number of urea groups is 1. The van der Waals surface area contributed by atoms with Gasteiger partial charge in [-0.1, -0.05) is 29.8 Å². The van der Waals surface area contributed by atoms with Crippen LogP contribution in [0.1, 0.15) is 41.1 Å². The van der Waals surface area contributed by atoms with Crippen molar-refractivity contribution in [2.75, 3.05) is 18.5 Å². The molecule has 1 aliphatic heterocycles. The highest BCUT2D eigenvalue weighted by molar-refractivity contribution is 5.95. The summed E-state index contributed by atoms with van der Waals surface area (Å²) in [6.45, 7) is 6.34. The van der Waals surface area contributed by atoms with Gasteiger partial charge in [-0.05, 0) is 62.4 Å². The molecule has 7 heteroatoms. The minimum Gasteiger partial charge on any atom is -0.376 e. The van der Waals surface area contributed by atoms with E-state index >= 15 is 0 Å². The van der Waals surface area contributed by atoms with Crippen molar-refractivity contribution in [3.05, 3.63) is 64.5 Å². The zero-order valence-electron chi connectivity index (χ0n) is 17.5. The fourth-order valence-corrected chi connectivity index (χ4v) is 3.84. The standard InChI is InChI=1S/C23H28FN3O3/c1-14-11-15(2)21(16(3)12-14)26-20(28)13-25-23(29)27-22(19-5-4-10-30-19)17-6-8-18(24)9-7-17/h6-9,11-12,19,22H,4-5,10,13H2,1-3H3,(H,26,28)(H2,25,27,29). The van der Waals surface area contributed by atoms with Crippen LogP contribution in [0.3, 0.4) is 0 Å². The van der Waals surface area contributed by atoms with Crippen LogP contribution in [0.25, 0.3) is 0 Å². The number of aryl methyl sites for hydroxylation is 3. The minimum absolute atomic E-state index is 0.166. The molecule has 0 bridgehead atoms. The Bertz CT molecular complexity index is 885. The number of amides is 3. The Morgan fingerprint density at radius 2 is 1.80 bits per heavy atom. The average Bonchev–Trinajstić information content (AvgIpc) is 3.22. The normalized spacial score (nSPS) is 16.7. The fraction of sp³-hybridized carbons (Fsp3) is 0.391. The molecule has 160 valence electrons. The van der Waals surface area contributed by atoms with Crippen molar-refractivity contribution < 1.29 is 18.7 Å². The van der Waals surface area contributed by atoms with Crippen molar-refractivity contribution in [1.29, 1.82) is 0 Å². The van der Waals surface area contributed by atoms with E-state index in [0.29, 0.717) is 6.61 Å². The van der Waals surface area contributed by atoms with Gasteiger partial charge in [-0.15, -0.1) is 0 Å². The zero-order valence-corrected chi connectivity index (χ0v) is 17.5. The van der Waals surface area contributed by atoms with Gasteiger partial charge in [-0.2, -0.15) is 0 Å². The summed E-state index contributed by atoms with van der Waals surface area (Å²) in [5.41, 5.74) is 4.59. The SMILES string of the molecule is Cc1cc(C)c(NC(=O)CNC(=O)NC(c2ccc(F)cc2)C2CCCO2)c(C)c1. The van der Waals surface area contributed by atoms with E-state index in [1.54, 1.807) is 12.1 Å². The molecular formula is C23H28FN3O3. The summed E-state index contributed by atoms with van der Waals surface area (Å²) in [6.07, 6.45) is 1.52. The Morgan fingerprint density at radius 3 is 2.40 bits per heavy atom. The van der Waals surface area contributed by atoms with Gasteiger partial charge in [-0.25, -0.2) is 9.18 Å². The van der Waals surface area contributed by atoms with Gasteiger partial charge in [0.15, 0.2) is 0 Å². The Kier molecular flexibility index (Phi) is 7.05. The highest BCUT2D eigenvalue weighted by Crippen LogP contribution is 2.27. The molecule has 1 aliphatic rings. The lowest BCUT2D eigenvalue weighted by molar-refractivity contribution is -0.115. The predicted octanol–water partition coefficient (Wildman–Crippen LogP) is 3.91. The first kappa shape index (κ1) is 21.8. The molecule has 3 rings (SSSR count). The number of rotatable bonds is 6. The average molecular weight is 413 g/mol. The molecule has 1 saturated heterocycles. The van der Waals surface area contributed by atoms with E-state index < -0.39 is 12.1 Å². The summed E-state index contributed by atoms with van der Waals surface area (Å²) < 4.78 is 19.0. The van der Waals surface area contributed by atoms with Crippen molar-refractivity contribution in [3.63, 3.8) is 0 Å². The van der Waals surface area contributed by atoms with Gasteiger partial charge in [-0.3, -0.25) is 4.79 Å². The van der Waals surface area contributed by atoms with Crippen molar-refractivity contribution in [1.82, 2.24) is 10.6 Å². The number of carbonyl (C=O) groups is 2. The number of anilines is 1. The van der Waals surface area contributed by atoms with Crippen molar-refractivity contribution in [3.8, 4) is 0 Å². The van der Waals surface area contributed by atoms with Crippen molar-refractivity contribution >= 4 is 17.6 Å². The summed E-state index contributed by atoms with van der Waals surface area (Å²) in [6, 6.07) is 9.09. The van der Waals surface area contributed by atoms with Crippen LogP contribution >= 0.6 is 0 Å². The van der Waals surface area contributed by atoms with Gasteiger partial charge in [0, 0.05) is 12.3 Å². The van der Waals surface area contributed by atoms with Crippen LogP contribution in [0, 0.1) is 26.6 Å². The monoisotopic (exact) mass is 413 g/mol. The molecule has 3 N–H and O–H groups in total. The third kappa shape index (κ3) is 5.57. The number of ether oxygens (including phenoxy) is 1. The zero-order chi connectivity index (χ0) is 21.7. The van der Waals surface area contributed by atoms with Crippen LogP contribution in [0.15, 0.2) is 36.4 Å². The second-order valence-corrected chi connectivity index (χ2v) is 7.73. The molecule has 0 saturated carbocycles. The van der Waals surface area contributed by atoms with Gasteiger partial charge in [0.05, 0.1) is 18.7 Å². The maximum Gasteiger partial charge on any atom is 0.315 e. The Labute approximate surface area is 176 Å². The number of carbonyl (C=O) groups excluding carboxylic acids is 2. The topological polar surface area (TPSA) is 79.5 Å². The summed E-state index contributed by atoms with van der Waals surface area (Å²) in [5.74, 6) is -0.650. The Balaban J connectivity index is 1.59. The molecule has 2 aromatic rings. The first-order chi connectivity index (χ1) is 14.3.